The molecule has 6 nitrogen and oxygen atoms in total. The van der Waals surface area contributed by atoms with Gasteiger partial charge in [-0.3, -0.25) is 4.79 Å². The van der Waals surface area contributed by atoms with Gasteiger partial charge in [-0.1, -0.05) is 15.9 Å². The number of aldehydes is 1. The molecule has 0 saturated heterocycles. The van der Waals surface area contributed by atoms with Gasteiger partial charge in [-0.25, -0.2) is 4.98 Å². The minimum absolute atomic E-state index is 0.173. The van der Waals surface area contributed by atoms with E-state index in [0.717, 1.165) is 10.8 Å². The summed E-state index contributed by atoms with van der Waals surface area (Å²) < 4.78 is 45.6. The molecular weight excluding hydrogens is 381 g/mol. The van der Waals surface area contributed by atoms with E-state index in [1.807, 2.05) is 0 Å². The minimum atomic E-state index is -4.65. The molecule has 0 N–H and O–H groups in total. The van der Waals surface area contributed by atoms with Crippen LogP contribution >= 0.6 is 15.9 Å². The first-order valence-electron chi connectivity index (χ1n) is 6.09. The zero-order chi connectivity index (χ0) is 16.6. The Morgan fingerprint density at radius 1 is 1.26 bits per heavy atom. The van der Waals surface area contributed by atoms with Crippen LogP contribution in [0.15, 0.2) is 35.1 Å². The van der Waals surface area contributed by atoms with Crippen LogP contribution in [0, 0.1) is 0 Å². The molecule has 0 aliphatic heterocycles. The van der Waals surface area contributed by atoms with Crippen molar-refractivity contribution in [2.75, 3.05) is 0 Å². The maximum absolute atomic E-state index is 12.9. The third-order valence-electron chi connectivity index (χ3n) is 2.83. The lowest BCUT2D eigenvalue weighted by Crippen LogP contribution is -2.11. The fourth-order valence-corrected chi connectivity index (χ4v) is 2.14. The van der Waals surface area contributed by atoms with Gasteiger partial charge in [0.25, 0.3) is 5.78 Å². The standard InChI is InChI=1S/C13H6BrF3N4O2/c14-9-2-1-8(3-7(9)5-22)23-11-4-10(13(15,16)17)20-12-18-6-19-21(11)12/h1-6H. The number of fused-ring (bicyclic) bond motifs is 1. The number of alkyl halides is 3. The highest BCUT2D eigenvalue weighted by Crippen LogP contribution is 2.32. The first-order valence-corrected chi connectivity index (χ1v) is 6.88. The molecular formula is C13H6BrF3N4O2. The summed E-state index contributed by atoms with van der Waals surface area (Å²) in [4.78, 5) is 17.9. The lowest BCUT2D eigenvalue weighted by atomic mass is 10.2. The van der Waals surface area contributed by atoms with E-state index in [-0.39, 0.29) is 17.4 Å². The van der Waals surface area contributed by atoms with Crippen molar-refractivity contribution < 1.29 is 22.7 Å². The van der Waals surface area contributed by atoms with Crippen LogP contribution in [-0.4, -0.2) is 25.9 Å². The molecule has 2 aromatic heterocycles. The van der Waals surface area contributed by atoms with E-state index in [4.69, 9.17) is 4.74 Å². The van der Waals surface area contributed by atoms with E-state index in [9.17, 15) is 18.0 Å². The minimum Gasteiger partial charge on any atom is -0.439 e. The summed E-state index contributed by atoms with van der Waals surface area (Å²) in [7, 11) is 0. The average molecular weight is 387 g/mol. The van der Waals surface area contributed by atoms with Crippen molar-refractivity contribution >= 4 is 28.0 Å². The fraction of sp³-hybridized carbons (Fsp3) is 0.0769. The number of nitrogens with zero attached hydrogens (tertiary/aromatic N) is 4. The number of carbonyl (C=O) groups is 1. The van der Waals surface area contributed by atoms with Crippen LogP contribution in [0.25, 0.3) is 5.78 Å². The number of carbonyl (C=O) groups excluding carboxylic acids is 1. The van der Waals surface area contributed by atoms with Gasteiger partial charge in [-0.05, 0) is 18.2 Å². The van der Waals surface area contributed by atoms with Crippen LogP contribution < -0.4 is 4.74 Å². The second-order valence-corrected chi connectivity index (χ2v) is 5.21. The van der Waals surface area contributed by atoms with E-state index in [1.165, 1.54) is 12.1 Å². The van der Waals surface area contributed by atoms with Crippen LogP contribution in [0.3, 0.4) is 0 Å². The van der Waals surface area contributed by atoms with Gasteiger partial charge in [0, 0.05) is 16.1 Å². The zero-order valence-corrected chi connectivity index (χ0v) is 12.7. The third-order valence-corrected chi connectivity index (χ3v) is 3.55. The molecule has 0 amide bonds. The van der Waals surface area contributed by atoms with Crippen LogP contribution in [0.2, 0.25) is 0 Å². The summed E-state index contributed by atoms with van der Waals surface area (Å²) in [6, 6.07) is 5.13. The average Bonchev–Trinajstić information content (AvgIpc) is 2.97. The van der Waals surface area contributed by atoms with Crippen molar-refractivity contribution in [2.24, 2.45) is 0 Å². The number of halogens is 4. The normalized spacial score (nSPS) is 11.7. The molecule has 0 spiro atoms. The van der Waals surface area contributed by atoms with Crippen molar-refractivity contribution in [3.8, 4) is 11.6 Å². The van der Waals surface area contributed by atoms with Crippen molar-refractivity contribution in [3.63, 3.8) is 0 Å². The quantitative estimate of drug-likeness (QED) is 0.644. The summed E-state index contributed by atoms with van der Waals surface area (Å²) in [6.07, 6.45) is -3.00. The smallest absolute Gasteiger partial charge is 0.433 e. The first-order chi connectivity index (χ1) is 10.9. The summed E-state index contributed by atoms with van der Waals surface area (Å²) in [5, 5.41) is 3.77. The molecule has 3 aromatic rings. The monoisotopic (exact) mass is 386 g/mol. The van der Waals surface area contributed by atoms with Crippen LogP contribution in [-0.2, 0) is 6.18 Å². The van der Waals surface area contributed by atoms with Gasteiger partial charge in [-0.2, -0.15) is 27.8 Å². The Morgan fingerprint density at radius 2 is 2.04 bits per heavy atom. The number of aromatic nitrogens is 4. The molecule has 0 fully saturated rings. The molecule has 0 saturated carbocycles. The highest BCUT2D eigenvalue weighted by atomic mass is 79.9. The number of hydrogen-bond donors (Lipinski definition) is 0. The molecule has 0 unspecified atom stereocenters. The maximum Gasteiger partial charge on any atom is 0.433 e. The molecule has 0 bridgehead atoms. The molecule has 0 aliphatic rings. The summed E-state index contributed by atoms with van der Waals surface area (Å²) in [6.45, 7) is 0. The van der Waals surface area contributed by atoms with Crippen molar-refractivity contribution in [3.05, 3.63) is 46.3 Å². The van der Waals surface area contributed by atoms with Crippen LogP contribution in [0.5, 0.6) is 11.6 Å². The predicted octanol–water partition coefficient (Wildman–Crippen LogP) is 3.51. The highest BCUT2D eigenvalue weighted by Gasteiger charge is 2.34. The van der Waals surface area contributed by atoms with E-state index in [1.54, 1.807) is 6.07 Å². The van der Waals surface area contributed by atoms with E-state index >= 15 is 0 Å². The summed E-state index contributed by atoms with van der Waals surface area (Å²) in [5.41, 5.74) is -0.858. The van der Waals surface area contributed by atoms with E-state index in [2.05, 4.69) is 31.0 Å². The molecule has 1 aromatic carbocycles. The topological polar surface area (TPSA) is 69.4 Å². The van der Waals surface area contributed by atoms with E-state index in [0.29, 0.717) is 22.4 Å². The van der Waals surface area contributed by atoms with Crippen LogP contribution in [0.4, 0.5) is 13.2 Å². The van der Waals surface area contributed by atoms with Gasteiger partial charge >= 0.3 is 6.18 Å². The summed E-state index contributed by atoms with van der Waals surface area (Å²) in [5.74, 6) is -0.298. The predicted molar refractivity (Wildman–Crippen MR) is 75.4 cm³/mol. The molecule has 0 atom stereocenters. The Morgan fingerprint density at radius 3 is 2.74 bits per heavy atom. The SMILES string of the molecule is O=Cc1cc(Oc2cc(C(F)(F)F)nc3ncnn23)ccc1Br. The molecule has 2 heterocycles. The molecule has 0 radical (unpaired) electrons. The molecule has 3 rings (SSSR count). The van der Waals surface area contributed by atoms with Crippen molar-refractivity contribution in [2.45, 2.75) is 6.18 Å². The van der Waals surface area contributed by atoms with Gasteiger partial charge < -0.3 is 4.74 Å². The highest BCUT2D eigenvalue weighted by molar-refractivity contribution is 9.10. The van der Waals surface area contributed by atoms with Gasteiger partial charge in [0.05, 0.1) is 0 Å². The van der Waals surface area contributed by atoms with Gasteiger partial charge in [0.1, 0.15) is 12.1 Å². The second-order valence-electron chi connectivity index (χ2n) is 4.35. The number of rotatable bonds is 3. The molecule has 0 aliphatic carbocycles. The number of benzene rings is 1. The Bertz CT molecular complexity index is 895. The number of hydrogen-bond acceptors (Lipinski definition) is 5. The van der Waals surface area contributed by atoms with Crippen molar-refractivity contribution in [1.82, 2.24) is 19.6 Å². The number of ether oxygens (including phenoxy) is 1. The Labute approximate surface area is 135 Å². The third kappa shape index (κ3) is 3.02. The molecule has 118 valence electrons. The summed E-state index contributed by atoms with van der Waals surface area (Å²) >= 11 is 3.17. The van der Waals surface area contributed by atoms with Gasteiger partial charge in [0.2, 0.25) is 5.88 Å². The van der Waals surface area contributed by atoms with E-state index < -0.39 is 11.9 Å². The van der Waals surface area contributed by atoms with Gasteiger partial charge in [0.15, 0.2) is 12.0 Å². The Balaban J connectivity index is 2.08. The fourth-order valence-electron chi connectivity index (χ4n) is 1.80. The largest absolute Gasteiger partial charge is 0.439 e. The van der Waals surface area contributed by atoms with Gasteiger partial charge in [-0.15, -0.1) is 0 Å². The Kier molecular flexibility index (Phi) is 3.76. The lowest BCUT2D eigenvalue weighted by Gasteiger charge is -2.11. The van der Waals surface area contributed by atoms with Crippen LogP contribution in [0.1, 0.15) is 16.1 Å². The first kappa shape index (κ1) is 15.4. The molecule has 10 heteroatoms. The molecule has 23 heavy (non-hydrogen) atoms. The zero-order valence-electron chi connectivity index (χ0n) is 11.1. The maximum atomic E-state index is 12.9. The second kappa shape index (κ2) is 5.61. The lowest BCUT2D eigenvalue weighted by molar-refractivity contribution is -0.141. The van der Waals surface area contributed by atoms with Crippen molar-refractivity contribution in [1.29, 1.82) is 0 Å². The Hall–Kier alpha value is -2.49.